The van der Waals surface area contributed by atoms with E-state index in [-0.39, 0.29) is 24.9 Å². The van der Waals surface area contributed by atoms with Crippen molar-refractivity contribution in [1.29, 1.82) is 0 Å². The van der Waals surface area contributed by atoms with Gasteiger partial charge in [-0.2, -0.15) is 0 Å². The summed E-state index contributed by atoms with van der Waals surface area (Å²) in [5.41, 5.74) is 2.42. The Bertz CT molecular complexity index is 664. The molecule has 5 heteroatoms. The molecule has 0 atom stereocenters. The summed E-state index contributed by atoms with van der Waals surface area (Å²) >= 11 is 0. The summed E-state index contributed by atoms with van der Waals surface area (Å²) < 4.78 is 15.7. The molecule has 1 aromatic heterocycles. The van der Waals surface area contributed by atoms with Gasteiger partial charge in [-0.3, -0.25) is 4.79 Å². The SMILES string of the molecule is Cc1cc(C(=O)N(C)CCO)c(C)n1-c1ccccc1F. The Morgan fingerprint density at radius 2 is 2.00 bits per heavy atom. The molecule has 1 amide bonds. The number of carbonyl (C=O) groups excluding carboxylic acids is 1. The number of aliphatic hydroxyl groups is 1. The van der Waals surface area contributed by atoms with E-state index >= 15 is 0 Å². The highest BCUT2D eigenvalue weighted by molar-refractivity contribution is 5.95. The van der Waals surface area contributed by atoms with E-state index in [4.69, 9.17) is 5.11 Å². The summed E-state index contributed by atoms with van der Waals surface area (Å²) in [4.78, 5) is 13.8. The molecule has 4 nitrogen and oxygen atoms in total. The van der Waals surface area contributed by atoms with Crippen LogP contribution < -0.4 is 0 Å². The number of rotatable bonds is 4. The molecule has 1 heterocycles. The predicted molar refractivity (Wildman–Crippen MR) is 79.2 cm³/mol. The van der Waals surface area contributed by atoms with Gasteiger partial charge < -0.3 is 14.6 Å². The maximum absolute atomic E-state index is 14.0. The maximum atomic E-state index is 14.0. The van der Waals surface area contributed by atoms with E-state index in [0.29, 0.717) is 16.9 Å². The van der Waals surface area contributed by atoms with Crippen LogP contribution in [0, 0.1) is 19.7 Å². The number of aromatic nitrogens is 1. The van der Waals surface area contributed by atoms with Crippen molar-refractivity contribution in [3.63, 3.8) is 0 Å². The van der Waals surface area contributed by atoms with Gasteiger partial charge in [0.2, 0.25) is 0 Å². The zero-order valence-electron chi connectivity index (χ0n) is 12.4. The number of aliphatic hydroxyl groups excluding tert-OH is 1. The molecule has 0 saturated heterocycles. The summed E-state index contributed by atoms with van der Waals surface area (Å²) in [6.07, 6.45) is 0. The maximum Gasteiger partial charge on any atom is 0.255 e. The normalized spacial score (nSPS) is 10.7. The molecule has 0 aliphatic heterocycles. The number of hydrogen-bond acceptors (Lipinski definition) is 2. The van der Waals surface area contributed by atoms with E-state index in [1.807, 2.05) is 6.92 Å². The van der Waals surface area contributed by atoms with Crippen molar-refractivity contribution in [2.75, 3.05) is 20.2 Å². The number of halogens is 1. The number of aryl methyl sites for hydroxylation is 1. The summed E-state index contributed by atoms with van der Waals surface area (Å²) in [5, 5.41) is 8.93. The van der Waals surface area contributed by atoms with Crippen molar-refractivity contribution in [3.05, 3.63) is 53.1 Å². The Morgan fingerprint density at radius 3 is 2.62 bits per heavy atom. The minimum absolute atomic E-state index is 0.0890. The van der Waals surface area contributed by atoms with Crippen LogP contribution in [0.3, 0.4) is 0 Å². The molecule has 112 valence electrons. The standard InChI is InChI=1S/C16H19FN2O2/c1-11-10-13(16(21)18(3)8-9-20)12(2)19(11)15-7-5-4-6-14(15)17/h4-7,10,20H,8-9H2,1-3H3. The number of para-hydroxylation sites is 1. The lowest BCUT2D eigenvalue weighted by atomic mass is 10.2. The van der Waals surface area contributed by atoms with E-state index in [9.17, 15) is 9.18 Å². The van der Waals surface area contributed by atoms with Crippen LogP contribution >= 0.6 is 0 Å². The van der Waals surface area contributed by atoms with Gasteiger partial charge in [0.25, 0.3) is 5.91 Å². The highest BCUT2D eigenvalue weighted by Gasteiger charge is 2.20. The molecular formula is C16H19FN2O2. The fourth-order valence-electron chi connectivity index (χ4n) is 2.44. The van der Waals surface area contributed by atoms with Crippen LogP contribution in [0.4, 0.5) is 4.39 Å². The molecule has 21 heavy (non-hydrogen) atoms. The number of likely N-dealkylation sites (N-methyl/N-ethyl adjacent to an activating group) is 1. The quantitative estimate of drug-likeness (QED) is 0.939. The zero-order valence-corrected chi connectivity index (χ0v) is 12.4. The van der Waals surface area contributed by atoms with Crippen LogP contribution in [0.2, 0.25) is 0 Å². The number of amides is 1. The van der Waals surface area contributed by atoms with Crippen molar-refractivity contribution >= 4 is 5.91 Å². The van der Waals surface area contributed by atoms with Crippen molar-refractivity contribution in [2.24, 2.45) is 0 Å². The molecule has 1 aromatic carbocycles. The fraction of sp³-hybridized carbons (Fsp3) is 0.312. The van der Waals surface area contributed by atoms with Crippen molar-refractivity contribution in [2.45, 2.75) is 13.8 Å². The first-order valence-corrected chi connectivity index (χ1v) is 6.77. The number of nitrogens with zero attached hydrogens (tertiary/aromatic N) is 2. The molecule has 0 spiro atoms. The molecule has 0 radical (unpaired) electrons. The lowest BCUT2D eigenvalue weighted by Crippen LogP contribution is -2.29. The van der Waals surface area contributed by atoms with Crippen LogP contribution in [0.15, 0.2) is 30.3 Å². The van der Waals surface area contributed by atoms with Gasteiger partial charge >= 0.3 is 0 Å². The second-order valence-corrected chi connectivity index (χ2v) is 5.02. The van der Waals surface area contributed by atoms with Crippen molar-refractivity contribution in [1.82, 2.24) is 9.47 Å². The first-order valence-electron chi connectivity index (χ1n) is 6.77. The van der Waals surface area contributed by atoms with Gasteiger partial charge in [-0.15, -0.1) is 0 Å². The van der Waals surface area contributed by atoms with Gasteiger partial charge in [-0.05, 0) is 32.0 Å². The monoisotopic (exact) mass is 290 g/mol. The molecule has 0 fully saturated rings. The van der Waals surface area contributed by atoms with Crippen molar-refractivity contribution < 1.29 is 14.3 Å². The van der Waals surface area contributed by atoms with Crippen LogP contribution in [-0.4, -0.2) is 40.7 Å². The Kier molecular flexibility index (Phi) is 4.43. The second-order valence-electron chi connectivity index (χ2n) is 5.02. The molecule has 1 N–H and O–H groups in total. The molecule has 0 unspecified atom stereocenters. The van der Waals surface area contributed by atoms with Gasteiger partial charge in [0.1, 0.15) is 5.82 Å². The van der Waals surface area contributed by atoms with Gasteiger partial charge in [0.15, 0.2) is 0 Å². The van der Waals surface area contributed by atoms with Crippen LogP contribution in [-0.2, 0) is 0 Å². The average molecular weight is 290 g/mol. The van der Waals surface area contributed by atoms with Crippen LogP contribution in [0.1, 0.15) is 21.7 Å². The largest absolute Gasteiger partial charge is 0.395 e. The Labute approximate surface area is 123 Å². The van der Waals surface area contributed by atoms with E-state index < -0.39 is 0 Å². The molecule has 0 aliphatic carbocycles. The van der Waals surface area contributed by atoms with Crippen molar-refractivity contribution in [3.8, 4) is 5.69 Å². The van der Waals surface area contributed by atoms with Gasteiger partial charge in [-0.1, -0.05) is 12.1 Å². The third-order valence-electron chi connectivity index (χ3n) is 3.54. The third kappa shape index (κ3) is 2.83. The lowest BCUT2D eigenvalue weighted by molar-refractivity contribution is 0.0766. The molecule has 0 saturated carbocycles. The summed E-state index contributed by atoms with van der Waals surface area (Å²) in [5.74, 6) is -0.512. The highest BCUT2D eigenvalue weighted by Crippen LogP contribution is 2.23. The van der Waals surface area contributed by atoms with Gasteiger partial charge in [-0.25, -0.2) is 4.39 Å². The van der Waals surface area contributed by atoms with Crippen LogP contribution in [0.5, 0.6) is 0 Å². The lowest BCUT2D eigenvalue weighted by Gasteiger charge is -2.16. The van der Waals surface area contributed by atoms with E-state index in [2.05, 4.69) is 0 Å². The minimum atomic E-state index is -0.331. The average Bonchev–Trinajstić information content (AvgIpc) is 2.74. The highest BCUT2D eigenvalue weighted by atomic mass is 19.1. The number of benzene rings is 1. The third-order valence-corrected chi connectivity index (χ3v) is 3.54. The second kappa shape index (κ2) is 6.10. The Balaban J connectivity index is 2.48. The Morgan fingerprint density at radius 1 is 1.33 bits per heavy atom. The molecule has 2 rings (SSSR count). The van der Waals surface area contributed by atoms with E-state index in [0.717, 1.165) is 5.69 Å². The number of hydrogen-bond donors (Lipinski definition) is 1. The molecular weight excluding hydrogens is 271 g/mol. The van der Waals surface area contributed by atoms with E-state index in [1.54, 1.807) is 42.8 Å². The van der Waals surface area contributed by atoms with Gasteiger partial charge in [0.05, 0.1) is 17.9 Å². The summed E-state index contributed by atoms with van der Waals surface area (Å²) in [6, 6.07) is 8.22. The summed E-state index contributed by atoms with van der Waals surface area (Å²) in [7, 11) is 1.63. The zero-order chi connectivity index (χ0) is 15.6. The molecule has 0 aliphatic rings. The molecule has 2 aromatic rings. The topological polar surface area (TPSA) is 45.5 Å². The molecule has 0 bridgehead atoms. The first kappa shape index (κ1) is 15.3. The predicted octanol–water partition coefficient (Wildman–Crippen LogP) is 2.30. The number of carbonyl (C=O) groups is 1. The Hall–Kier alpha value is -2.14. The van der Waals surface area contributed by atoms with Crippen LogP contribution in [0.25, 0.3) is 5.69 Å². The fourth-order valence-corrected chi connectivity index (χ4v) is 2.44. The minimum Gasteiger partial charge on any atom is -0.395 e. The summed E-state index contributed by atoms with van der Waals surface area (Å²) in [6.45, 7) is 3.80. The van der Waals surface area contributed by atoms with E-state index in [1.165, 1.54) is 11.0 Å². The van der Waals surface area contributed by atoms with Gasteiger partial charge in [0, 0.05) is 25.0 Å². The smallest absolute Gasteiger partial charge is 0.255 e. The first-order chi connectivity index (χ1) is 9.97.